The number of aliphatic hydroxyl groups is 1. The van der Waals surface area contributed by atoms with Gasteiger partial charge in [-0.05, 0) is 43.4 Å². The molecule has 1 atom stereocenters. The number of pyridine rings is 1. The highest BCUT2D eigenvalue weighted by Crippen LogP contribution is 2.37. The molecule has 1 aromatic heterocycles. The van der Waals surface area contributed by atoms with Gasteiger partial charge < -0.3 is 10.4 Å². The number of rotatable bonds is 5. The Hall–Kier alpha value is -1.82. The molecule has 0 bridgehead atoms. The number of aromatic nitrogens is 1. The molecule has 0 saturated heterocycles. The van der Waals surface area contributed by atoms with E-state index >= 15 is 0 Å². The lowest BCUT2D eigenvalue weighted by atomic mass is 10.1. The van der Waals surface area contributed by atoms with Gasteiger partial charge in [0.15, 0.2) is 0 Å². The van der Waals surface area contributed by atoms with Gasteiger partial charge in [0, 0.05) is 29.9 Å². The van der Waals surface area contributed by atoms with Crippen LogP contribution in [0.4, 0.5) is 18.9 Å². The molecule has 1 saturated carbocycles. The average Bonchev–Trinajstić information content (AvgIpc) is 3.30. The fourth-order valence-corrected chi connectivity index (χ4v) is 2.71. The summed E-state index contributed by atoms with van der Waals surface area (Å²) in [6, 6.07) is 5.52. The van der Waals surface area contributed by atoms with Gasteiger partial charge in [0.25, 0.3) is 0 Å². The van der Waals surface area contributed by atoms with Crippen molar-refractivity contribution in [3.63, 3.8) is 0 Å². The maximum Gasteiger partial charge on any atom is 0.416 e. The van der Waals surface area contributed by atoms with E-state index in [4.69, 9.17) is 5.11 Å². The number of fused-ring (bicyclic) bond motifs is 1. The van der Waals surface area contributed by atoms with Crippen LogP contribution in [0.1, 0.15) is 24.8 Å². The first-order valence-corrected chi connectivity index (χ1v) is 7.32. The van der Waals surface area contributed by atoms with Crippen molar-refractivity contribution in [2.24, 2.45) is 5.92 Å². The summed E-state index contributed by atoms with van der Waals surface area (Å²) in [7, 11) is 0. The number of hydrogen-bond acceptors (Lipinski definition) is 3. The second-order valence-corrected chi connectivity index (χ2v) is 5.69. The van der Waals surface area contributed by atoms with Crippen LogP contribution in [-0.4, -0.2) is 22.7 Å². The van der Waals surface area contributed by atoms with E-state index < -0.39 is 11.7 Å². The van der Waals surface area contributed by atoms with Crippen molar-refractivity contribution in [1.29, 1.82) is 0 Å². The zero-order valence-corrected chi connectivity index (χ0v) is 11.9. The van der Waals surface area contributed by atoms with Crippen molar-refractivity contribution < 1.29 is 18.3 Å². The third-order valence-electron chi connectivity index (χ3n) is 4.04. The quantitative estimate of drug-likeness (QED) is 0.882. The number of nitrogens with one attached hydrogen (secondary N) is 1. The number of hydrogen-bond donors (Lipinski definition) is 2. The molecule has 1 aromatic carbocycles. The van der Waals surface area contributed by atoms with Gasteiger partial charge in [0.05, 0.1) is 11.1 Å². The van der Waals surface area contributed by atoms with Crippen molar-refractivity contribution in [3.8, 4) is 0 Å². The minimum absolute atomic E-state index is 0.0927. The lowest BCUT2D eigenvalue weighted by Gasteiger charge is -2.20. The molecule has 22 heavy (non-hydrogen) atoms. The van der Waals surface area contributed by atoms with Gasteiger partial charge in [-0.15, -0.1) is 0 Å². The van der Waals surface area contributed by atoms with Crippen LogP contribution < -0.4 is 5.32 Å². The Morgan fingerprint density at radius 3 is 2.68 bits per heavy atom. The van der Waals surface area contributed by atoms with E-state index in [0.29, 0.717) is 23.2 Å². The third-order valence-corrected chi connectivity index (χ3v) is 4.04. The Balaban J connectivity index is 1.93. The topological polar surface area (TPSA) is 45.1 Å². The number of aliphatic hydroxyl groups excluding tert-OH is 1. The van der Waals surface area contributed by atoms with Crippen LogP contribution in [0.5, 0.6) is 0 Å². The van der Waals surface area contributed by atoms with Crippen LogP contribution in [0.2, 0.25) is 0 Å². The molecule has 0 radical (unpaired) electrons. The predicted molar refractivity (Wildman–Crippen MR) is 78.6 cm³/mol. The van der Waals surface area contributed by atoms with E-state index in [0.717, 1.165) is 30.7 Å². The van der Waals surface area contributed by atoms with Gasteiger partial charge in [-0.2, -0.15) is 13.2 Å². The van der Waals surface area contributed by atoms with Gasteiger partial charge in [-0.3, -0.25) is 4.98 Å². The molecule has 2 N–H and O–H groups in total. The summed E-state index contributed by atoms with van der Waals surface area (Å²) in [5.74, 6) is 0.532. The molecule has 1 unspecified atom stereocenters. The molecule has 1 aliphatic carbocycles. The minimum atomic E-state index is -4.37. The third kappa shape index (κ3) is 3.16. The van der Waals surface area contributed by atoms with Crippen LogP contribution in [0, 0.1) is 5.92 Å². The monoisotopic (exact) mass is 310 g/mol. The number of anilines is 1. The maximum absolute atomic E-state index is 12.8. The molecule has 3 nitrogen and oxygen atoms in total. The Kier molecular flexibility index (Phi) is 3.95. The predicted octanol–water partition coefficient (Wildman–Crippen LogP) is 3.83. The van der Waals surface area contributed by atoms with E-state index in [9.17, 15) is 13.2 Å². The largest absolute Gasteiger partial charge is 0.416 e. The highest BCUT2D eigenvalue weighted by Gasteiger charge is 2.32. The fraction of sp³-hybridized carbons (Fsp3) is 0.438. The van der Waals surface area contributed by atoms with Gasteiger partial charge in [-0.1, -0.05) is 6.07 Å². The molecule has 1 aliphatic rings. The van der Waals surface area contributed by atoms with Crippen LogP contribution in [0.15, 0.2) is 30.5 Å². The normalized spacial score (nSPS) is 16.7. The summed E-state index contributed by atoms with van der Waals surface area (Å²) in [5.41, 5.74) is 0.390. The van der Waals surface area contributed by atoms with Crippen molar-refractivity contribution in [2.75, 3.05) is 11.9 Å². The standard InChI is InChI=1S/C16H17F3N2O/c17-16(18,19)11-3-4-12-14(5-7-20-15(12)9-11)21-13(6-8-22)10-1-2-10/h3-5,7,9-10,13,22H,1-2,6,8H2,(H,20,21). The Bertz CT molecular complexity index is 668. The van der Waals surface area contributed by atoms with Crippen LogP contribution in [0.3, 0.4) is 0 Å². The second-order valence-electron chi connectivity index (χ2n) is 5.69. The summed E-state index contributed by atoms with van der Waals surface area (Å²) in [6.45, 7) is 0.0927. The molecular weight excluding hydrogens is 293 g/mol. The van der Waals surface area contributed by atoms with Crippen molar-refractivity contribution >= 4 is 16.6 Å². The summed E-state index contributed by atoms with van der Waals surface area (Å²) < 4.78 is 38.3. The number of nitrogens with zero attached hydrogens (tertiary/aromatic N) is 1. The van der Waals surface area contributed by atoms with Gasteiger partial charge >= 0.3 is 6.18 Å². The molecule has 0 amide bonds. The number of benzene rings is 1. The minimum Gasteiger partial charge on any atom is -0.396 e. The fourth-order valence-electron chi connectivity index (χ4n) is 2.71. The number of alkyl halides is 3. The van der Waals surface area contributed by atoms with E-state index in [2.05, 4.69) is 10.3 Å². The first-order chi connectivity index (χ1) is 10.5. The Morgan fingerprint density at radius 1 is 1.27 bits per heavy atom. The molecular formula is C16H17F3N2O. The lowest BCUT2D eigenvalue weighted by Crippen LogP contribution is -2.23. The maximum atomic E-state index is 12.8. The second kappa shape index (κ2) is 5.76. The Morgan fingerprint density at radius 2 is 2.05 bits per heavy atom. The molecule has 1 fully saturated rings. The molecule has 118 valence electrons. The highest BCUT2D eigenvalue weighted by molar-refractivity contribution is 5.91. The van der Waals surface area contributed by atoms with Crippen molar-refractivity contribution in [1.82, 2.24) is 4.98 Å². The Labute approximate surface area is 126 Å². The molecule has 6 heteroatoms. The van der Waals surface area contributed by atoms with E-state index in [1.807, 2.05) is 0 Å². The summed E-state index contributed by atoms with van der Waals surface area (Å²) in [5, 5.41) is 13.2. The zero-order valence-electron chi connectivity index (χ0n) is 11.9. The smallest absolute Gasteiger partial charge is 0.396 e. The van der Waals surface area contributed by atoms with Crippen LogP contribution >= 0.6 is 0 Å². The lowest BCUT2D eigenvalue weighted by molar-refractivity contribution is -0.137. The molecule has 1 heterocycles. The van der Waals surface area contributed by atoms with E-state index in [1.54, 1.807) is 6.07 Å². The van der Waals surface area contributed by atoms with Gasteiger partial charge in [-0.25, -0.2) is 0 Å². The van der Waals surface area contributed by atoms with Crippen molar-refractivity contribution in [3.05, 3.63) is 36.0 Å². The highest BCUT2D eigenvalue weighted by atomic mass is 19.4. The first-order valence-electron chi connectivity index (χ1n) is 7.32. The molecule has 0 aliphatic heterocycles. The van der Waals surface area contributed by atoms with Crippen LogP contribution in [0.25, 0.3) is 10.9 Å². The van der Waals surface area contributed by atoms with Crippen molar-refractivity contribution in [2.45, 2.75) is 31.5 Å². The number of halogens is 3. The summed E-state index contributed by atoms with van der Waals surface area (Å²) in [4.78, 5) is 4.04. The summed E-state index contributed by atoms with van der Waals surface area (Å²) >= 11 is 0. The average molecular weight is 310 g/mol. The van der Waals surface area contributed by atoms with Gasteiger partial charge in [0.1, 0.15) is 0 Å². The zero-order chi connectivity index (χ0) is 15.7. The van der Waals surface area contributed by atoms with Gasteiger partial charge in [0.2, 0.25) is 0 Å². The molecule has 0 spiro atoms. The van der Waals surface area contributed by atoms with E-state index in [1.165, 1.54) is 12.3 Å². The SMILES string of the molecule is OCCC(Nc1ccnc2cc(C(F)(F)F)ccc12)C1CC1. The van der Waals surface area contributed by atoms with Crippen LogP contribution in [-0.2, 0) is 6.18 Å². The first kappa shape index (κ1) is 15.1. The van der Waals surface area contributed by atoms with E-state index in [-0.39, 0.29) is 12.6 Å². The molecule has 3 rings (SSSR count). The summed E-state index contributed by atoms with van der Waals surface area (Å²) in [6.07, 6.45) is 0.0212. The molecule has 2 aromatic rings.